The van der Waals surface area contributed by atoms with E-state index in [0.717, 1.165) is 18.7 Å². The molecule has 0 aliphatic carbocycles. The summed E-state index contributed by atoms with van der Waals surface area (Å²) in [4.78, 5) is 32.5. The molecule has 0 spiro atoms. The predicted molar refractivity (Wildman–Crippen MR) is 118 cm³/mol. The number of carbonyl (C=O) groups excluding carboxylic acids is 2. The summed E-state index contributed by atoms with van der Waals surface area (Å²) in [7, 11) is 3.50. The zero-order valence-corrected chi connectivity index (χ0v) is 19.1. The molecule has 170 valence electrons. The lowest BCUT2D eigenvalue weighted by Crippen LogP contribution is -2.53. The van der Waals surface area contributed by atoms with Crippen LogP contribution in [0, 0.1) is 22.6 Å². The van der Waals surface area contributed by atoms with Gasteiger partial charge < -0.3 is 20.1 Å². The van der Waals surface area contributed by atoms with E-state index in [0.29, 0.717) is 24.5 Å². The molecule has 0 unspecified atom stereocenters. The van der Waals surface area contributed by atoms with E-state index < -0.39 is 23.2 Å². The molecule has 1 aliphatic heterocycles. The maximum absolute atomic E-state index is 13.9. The van der Waals surface area contributed by atoms with Crippen LogP contribution in [0.1, 0.15) is 48.9 Å². The summed E-state index contributed by atoms with van der Waals surface area (Å²) >= 11 is 0. The van der Waals surface area contributed by atoms with Gasteiger partial charge in [-0.25, -0.2) is 9.37 Å². The number of nitrogens with zero attached hydrogens (tertiary/aromatic N) is 4. The molecule has 2 N–H and O–H groups in total. The third-order valence-corrected chi connectivity index (χ3v) is 5.62. The van der Waals surface area contributed by atoms with Gasteiger partial charge in [0.15, 0.2) is 5.69 Å². The molecule has 0 saturated heterocycles. The van der Waals surface area contributed by atoms with E-state index in [-0.39, 0.29) is 17.2 Å². The number of hydrogen-bond acceptors (Lipinski definition) is 5. The minimum absolute atomic E-state index is 0.0796. The normalized spacial score (nSPS) is 15.3. The van der Waals surface area contributed by atoms with Gasteiger partial charge in [-0.3, -0.25) is 9.59 Å². The second kappa shape index (κ2) is 9.09. The largest absolute Gasteiger partial charge is 0.357 e. The highest BCUT2D eigenvalue weighted by Crippen LogP contribution is 2.28. The Hall–Kier alpha value is -3.25. The number of aromatic nitrogens is 2. The summed E-state index contributed by atoms with van der Waals surface area (Å²) in [6.45, 7) is 7.61. The number of likely N-dealkylation sites (N-methyl/N-ethyl adjacent to an activating group) is 1. The van der Waals surface area contributed by atoms with Gasteiger partial charge in [0.05, 0.1) is 11.3 Å². The van der Waals surface area contributed by atoms with Crippen LogP contribution in [0.25, 0.3) is 11.4 Å². The number of fused-ring (bicyclic) bond motifs is 1. The van der Waals surface area contributed by atoms with E-state index in [1.165, 1.54) is 19.2 Å². The standard InChI is InChI=1S/C23H29FN6O2/c1-23(2,3)19(22(32)26-4)28-21(31)18-17-13-29(5)9-6-10-30(17)20(27-18)14-7-8-16(24)15(11-14)12-25/h7-8,11,19H,6,9-10,13H2,1-5H3,(H,26,32)(H,28,31)/t19-/m1/s1. The molecule has 1 atom stereocenters. The van der Waals surface area contributed by atoms with Crippen LogP contribution in [0.15, 0.2) is 18.2 Å². The Bertz CT molecular complexity index is 1080. The van der Waals surface area contributed by atoms with Gasteiger partial charge >= 0.3 is 0 Å². The van der Waals surface area contributed by atoms with Gasteiger partial charge in [-0.15, -0.1) is 0 Å². The third kappa shape index (κ3) is 4.65. The van der Waals surface area contributed by atoms with Crippen LogP contribution in [0.4, 0.5) is 4.39 Å². The molecule has 9 heteroatoms. The molecule has 8 nitrogen and oxygen atoms in total. The molecular weight excluding hydrogens is 411 g/mol. The molecule has 2 aromatic rings. The summed E-state index contributed by atoms with van der Waals surface area (Å²) < 4.78 is 15.8. The van der Waals surface area contributed by atoms with E-state index in [9.17, 15) is 19.2 Å². The fourth-order valence-electron chi connectivity index (χ4n) is 3.89. The number of hydrogen-bond donors (Lipinski definition) is 2. The lowest BCUT2D eigenvalue weighted by molar-refractivity contribution is -0.124. The smallest absolute Gasteiger partial charge is 0.272 e. The van der Waals surface area contributed by atoms with Crippen molar-refractivity contribution in [1.82, 2.24) is 25.1 Å². The fraction of sp³-hybridized carbons (Fsp3) is 0.478. The summed E-state index contributed by atoms with van der Waals surface area (Å²) in [5.74, 6) is -0.827. The summed E-state index contributed by atoms with van der Waals surface area (Å²) in [6.07, 6.45) is 0.850. The molecule has 0 saturated carbocycles. The molecule has 3 rings (SSSR count). The molecule has 1 aromatic heterocycles. The van der Waals surface area contributed by atoms with Crippen molar-refractivity contribution in [1.29, 1.82) is 5.26 Å². The summed E-state index contributed by atoms with van der Waals surface area (Å²) in [5, 5.41) is 14.7. The van der Waals surface area contributed by atoms with Crippen molar-refractivity contribution in [2.75, 3.05) is 20.6 Å². The maximum Gasteiger partial charge on any atom is 0.272 e. The predicted octanol–water partition coefficient (Wildman–Crippen LogP) is 2.29. The number of benzene rings is 1. The Kier molecular flexibility index (Phi) is 6.65. The average molecular weight is 441 g/mol. The SMILES string of the molecule is CNC(=O)[C@@H](NC(=O)c1nc(-c2ccc(F)c(C#N)c2)n2c1CN(C)CCC2)C(C)(C)C. The van der Waals surface area contributed by atoms with Crippen LogP contribution in [0.5, 0.6) is 0 Å². The number of carbonyl (C=O) groups is 2. The number of rotatable bonds is 4. The number of imidazole rings is 1. The Balaban J connectivity index is 2.09. The Labute approximate surface area is 187 Å². The molecule has 1 aromatic carbocycles. The van der Waals surface area contributed by atoms with Gasteiger partial charge in [0.1, 0.15) is 23.8 Å². The van der Waals surface area contributed by atoms with Gasteiger partial charge in [0, 0.05) is 25.7 Å². The zero-order valence-electron chi connectivity index (χ0n) is 19.1. The molecule has 2 amide bonds. The van der Waals surface area contributed by atoms with Crippen LogP contribution >= 0.6 is 0 Å². The first kappa shape index (κ1) is 23.4. The quantitative estimate of drug-likeness (QED) is 0.759. The molecule has 2 heterocycles. The van der Waals surface area contributed by atoms with E-state index in [1.807, 2.05) is 38.5 Å². The monoisotopic (exact) mass is 440 g/mol. The Morgan fingerprint density at radius 2 is 2.00 bits per heavy atom. The number of halogens is 1. The van der Waals surface area contributed by atoms with Crippen molar-refractivity contribution in [3.8, 4) is 17.5 Å². The first-order chi connectivity index (χ1) is 15.1. The fourth-order valence-corrected chi connectivity index (χ4v) is 3.89. The van der Waals surface area contributed by atoms with Crippen molar-refractivity contribution < 1.29 is 14.0 Å². The summed E-state index contributed by atoms with van der Waals surface area (Å²) in [6, 6.07) is 5.35. The minimum Gasteiger partial charge on any atom is -0.357 e. The van der Waals surface area contributed by atoms with E-state index in [4.69, 9.17) is 0 Å². The van der Waals surface area contributed by atoms with Crippen molar-refractivity contribution in [3.05, 3.63) is 41.0 Å². The molecule has 0 fully saturated rings. The van der Waals surface area contributed by atoms with Crippen LogP contribution in [-0.4, -0.2) is 52.9 Å². The lowest BCUT2D eigenvalue weighted by atomic mass is 9.86. The summed E-state index contributed by atoms with van der Waals surface area (Å²) in [5.41, 5.74) is 0.931. The molecule has 1 aliphatic rings. The van der Waals surface area contributed by atoms with E-state index in [2.05, 4.69) is 20.5 Å². The highest BCUT2D eigenvalue weighted by atomic mass is 19.1. The first-order valence-corrected chi connectivity index (χ1v) is 10.6. The second-order valence-corrected chi connectivity index (χ2v) is 9.17. The van der Waals surface area contributed by atoms with Crippen LogP contribution in [0.2, 0.25) is 0 Å². The highest BCUT2D eigenvalue weighted by molar-refractivity contribution is 5.97. The average Bonchev–Trinajstić information content (AvgIpc) is 2.97. The van der Waals surface area contributed by atoms with Gasteiger partial charge in [0.2, 0.25) is 5.91 Å². The first-order valence-electron chi connectivity index (χ1n) is 10.6. The zero-order chi connectivity index (χ0) is 23.6. The number of nitrogens with one attached hydrogen (secondary N) is 2. The van der Waals surface area contributed by atoms with E-state index in [1.54, 1.807) is 6.07 Å². The molecule has 0 radical (unpaired) electrons. The maximum atomic E-state index is 13.9. The Morgan fingerprint density at radius 1 is 1.28 bits per heavy atom. The Morgan fingerprint density at radius 3 is 2.62 bits per heavy atom. The van der Waals surface area contributed by atoms with Crippen molar-refractivity contribution in [2.24, 2.45) is 5.41 Å². The lowest BCUT2D eigenvalue weighted by Gasteiger charge is -2.29. The van der Waals surface area contributed by atoms with Crippen molar-refractivity contribution >= 4 is 11.8 Å². The van der Waals surface area contributed by atoms with Crippen LogP contribution < -0.4 is 10.6 Å². The van der Waals surface area contributed by atoms with Crippen molar-refractivity contribution in [2.45, 2.75) is 46.3 Å². The third-order valence-electron chi connectivity index (χ3n) is 5.62. The van der Waals surface area contributed by atoms with Gasteiger partial charge in [0.25, 0.3) is 5.91 Å². The van der Waals surface area contributed by atoms with Gasteiger partial charge in [-0.05, 0) is 43.6 Å². The number of amides is 2. The number of nitriles is 1. The van der Waals surface area contributed by atoms with E-state index >= 15 is 0 Å². The topological polar surface area (TPSA) is 103 Å². The molecule has 0 bridgehead atoms. The highest BCUT2D eigenvalue weighted by Gasteiger charge is 2.34. The second-order valence-electron chi connectivity index (χ2n) is 9.17. The van der Waals surface area contributed by atoms with Crippen molar-refractivity contribution in [3.63, 3.8) is 0 Å². The van der Waals surface area contributed by atoms with Gasteiger partial charge in [-0.2, -0.15) is 5.26 Å². The van der Waals surface area contributed by atoms with Gasteiger partial charge in [-0.1, -0.05) is 20.8 Å². The molecular formula is C23H29FN6O2. The van der Waals surface area contributed by atoms with Crippen LogP contribution in [-0.2, 0) is 17.9 Å². The minimum atomic E-state index is -0.750. The van der Waals surface area contributed by atoms with Crippen LogP contribution in [0.3, 0.4) is 0 Å². The molecule has 32 heavy (non-hydrogen) atoms.